The van der Waals surface area contributed by atoms with Crippen LogP contribution in [0.5, 0.6) is 0 Å². The van der Waals surface area contributed by atoms with Crippen molar-refractivity contribution in [3.05, 3.63) is 0 Å². The van der Waals surface area contributed by atoms with Crippen LogP contribution in [0.25, 0.3) is 0 Å². The van der Waals surface area contributed by atoms with E-state index in [0.717, 1.165) is 0 Å². The summed E-state index contributed by atoms with van der Waals surface area (Å²) in [6.07, 6.45) is -3.09. The van der Waals surface area contributed by atoms with Crippen molar-refractivity contribution < 1.29 is 19.2 Å². The third-order valence-electron chi connectivity index (χ3n) is 5.34. The van der Waals surface area contributed by atoms with E-state index in [0.29, 0.717) is 0 Å². The number of rotatable bonds is 0. The van der Waals surface area contributed by atoms with Crippen molar-refractivity contribution in [2.75, 3.05) is 0 Å². The molecule has 2 N–H and O–H groups in total. The van der Waals surface area contributed by atoms with Crippen LogP contribution in [0.1, 0.15) is 27.7 Å². The summed E-state index contributed by atoms with van der Waals surface area (Å²) < 4.78 is 0. The molecule has 5 fully saturated rings. The van der Waals surface area contributed by atoms with Gasteiger partial charge < -0.3 is 0 Å². The Bertz CT molecular complexity index is 560. The minimum absolute atomic E-state index is 0.217. The first kappa shape index (κ1) is 15.3. The number of carbonyl (C=O) groups excluding carboxylic acids is 4. The second kappa shape index (κ2) is 4.67. The monoisotopic (exact) mass is 336 g/mol. The summed E-state index contributed by atoms with van der Waals surface area (Å²) in [5.41, 5.74) is 0. The zero-order valence-electron chi connectivity index (χ0n) is 13.9. The summed E-state index contributed by atoms with van der Waals surface area (Å²) in [4.78, 5) is 55.4. The zero-order valence-corrected chi connectivity index (χ0v) is 13.9. The first-order valence-corrected chi connectivity index (χ1v) is 7.93. The minimum atomic E-state index is -0.682. The maximum atomic E-state index is 12.3. The molecule has 0 aromatic rings. The van der Waals surface area contributed by atoms with E-state index in [2.05, 4.69) is 10.6 Å². The van der Waals surface area contributed by atoms with Crippen LogP contribution in [-0.4, -0.2) is 80.2 Å². The van der Waals surface area contributed by atoms with E-state index in [-0.39, 0.29) is 23.6 Å². The molecule has 10 heteroatoms. The third-order valence-corrected chi connectivity index (χ3v) is 5.34. The summed E-state index contributed by atoms with van der Waals surface area (Å²) in [5.74, 6) is -0.866. The molecule has 4 amide bonds. The Morgan fingerprint density at radius 1 is 0.542 bits per heavy atom. The van der Waals surface area contributed by atoms with Gasteiger partial charge >= 0.3 is 0 Å². The zero-order chi connectivity index (χ0) is 17.5. The summed E-state index contributed by atoms with van der Waals surface area (Å²) in [7, 11) is 0. The lowest BCUT2D eigenvalue weighted by molar-refractivity contribution is -0.288. The highest BCUT2D eigenvalue weighted by molar-refractivity contribution is 5.83. The number of nitrogens with one attached hydrogen (secondary N) is 2. The van der Waals surface area contributed by atoms with Crippen molar-refractivity contribution in [1.82, 2.24) is 30.2 Å². The van der Waals surface area contributed by atoms with Crippen LogP contribution in [-0.2, 0) is 19.2 Å². The molecule has 5 aliphatic rings. The van der Waals surface area contributed by atoms with Crippen LogP contribution in [0.2, 0.25) is 0 Å². The first-order chi connectivity index (χ1) is 11.3. The summed E-state index contributed by atoms with van der Waals surface area (Å²) >= 11 is 0. The molecular weight excluding hydrogens is 316 g/mol. The normalized spacial score (nSPS) is 38.8. The Morgan fingerprint density at radius 3 is 0.917 bits per heavy atom. The van der Waals surface area contributed by atoms with E-state index < -0.39 is 37.0 Å². The Balaban J connectivity index is 1.93. The van der Waals surface area contributed by atoms with E-state index in [1.807, 2.05) is 0 Å². The molecule has 0 aromatic heterocycles. The molecule has 5 heterocycles. The average molecular weight is 336 g/mol. The molecule has 130 valence electrons. The van der Waals surface area contributed by atoms with Gasteiger partial charge in [0.05, 0.1) is 0 Å². The first-order valence-electron chi connectivity index (χ1n) is 7.93. The average Bonchev–Trinajstić information content (AvgIpc) is 2.47. The summed E-state index contributed by atoms with van der Waals surface area (Å²) in [5, 5.41) is 6.53. The molecule has 4 atom stereocenters. The highest BCUT2D eigenvalue weighted by Gasteiger charge is 2.69. The Labute approximate surface area is 138 Å². The van der Waals surface area contributed by atoms with Crippen molar-refractivity contribution in [2.45, 2.75) is 64.7 Å². The number of amides is 4. The van der Waals surface area contributed by atoms with E-state index in [1.165, 1.54) is 27.7 Å². The summed E-state index contributed by atoms with van der Waals surface area (Å²) in [6.45, 7) is 5.71. The van der Waals surface area contributed by atoms with Gasteiger partial charge in [0.2, 0.25) is 23.6 Å². The van der Waals surface area contributed by atoms with Gasteiger partial charge in [0.1, 0.15) is 37.0 Å². The second-order valence-electron chi connectivity index (χ2n) is 6.65. The lowest BCUT2D eigenvalue weighted by Gasteiger charge is -2.73. The number of hydrogen-bond donors (Lipinski definition) is 2. The Hall–Kier alpha value is -2.20. The SMILES string of the molecule is CC(=O)N1C2NC3C4NC2N(C(C)=O)C(C1N3C(C)=O)N4C(C)=O. The molecule has 24 heavy (non-hydrogen) atoms. The van der Waals surface area contributed by atoms with Gasteiger partial charge in [-0.15, -0.1) is 0 Å². The Morgan fingerprint density at radius 2 is 0.750 bits per heavy atom. The number of carbonyl (C=O) groups is 4. The minimum Gasteiger partial charge on any atom is -0.299 e. The molecule has 4 unspecified atom stereocenters. The molecule has 0 aliphatic carbocycles. The van der Waals surface area contributed by atoms with Crippen LogP contribution >= 0.6 is 0 Å². The molecule has 0 radical (unpaired) electrons. The third kappa shape index (κ3) is 1.62. The maximum Gasteiger partial charge on any atom is 0.222 e. The van der Waals surface area contributed by atoms with Gasteiger partial charge in [-0.3, -0.25) is 49.4 Å². The fraction of sp³-hybridized carbons (Fsp3) is 0.714. The van der Waals surface area contributed by atoms with Gasteiger partial charge in [-0.25, -0.2) is 0 Å². The smallest absolute Gasteiger partial charge is 0.222 e. The lowest BCUT2D eigenvalue weighted by Crippen LogP contribution is -2.99. The van der Waals surface area contributed by atoms with Crippen LogP contribution in [0.3, 0.4) is 0 Å². The molecule has 0 saturated carbocycles. The molecular formula is C14H20N6O4. The quantitative estimate of drug-likeness (QED) is 0.510. The molecule has 5 saturated heterocycles. The van der Waals surface area contributed by atoms with Crippen molar-refractivity contribution in [2.24, 2.45) is 0 Å². The van der Waals surface area contributed by atoms with Crippen LogP contribution in [0, 0.1) is 0 Å². The van der Waals surface area contributed by atoms with E-state index in [9.17, 15) is 19.2 Å². The molecule has 0 spiro atoms. The number of nitrogens with zero attached hydrogens (tertiary/aromatic N) is 4. The van der Waals surface area contributed by atoms with Crippen LogP contribution in [0.4, 0.5) is 0 Å². The molecule has 5 rings (SSSR count). The van der Waals surface area contributed by atoms with E-state index >= 15 is 0 Å². The fourth-order valence-corrected chi connectivity index (χ4v) is 4.67. The second-order valence-corrected chi connectivity index (χ2v) is 6.65. The molecule has 6 bridgehead atoms. The van der Waals surface area contributed by atoms with Crippen LogP contribution < -0.4 is 10.6 Å². The predicted octanol–water partition coefficient (Wildman–Crippen LogP) is -2.43. The van der Waals surface area contributed by atoms with Crippen molar-refractivity contribution in [1.29, 1.82) is 0 Å². The van der Waals surface area contributed by atoms with Gasteiger partial charge in [-0.05, 0) is 0 Å². The van der Waals surface area contributed by atoms with Gasteiger partial charge in [0, 0.05) is 27.7 Å². The van der Waals surface area contributed by atoms with E-state index in [4.69, 9.17) is 0 Å². The Kier molecular flexibility index (Phi) is 2.98. The lowest BCUT2D eigenvalue weighted by atomic mass is 9.91. The van der Waals surface area contributed by atoms with Crippen molar-refractivity contribution in [3.63, 3.8) is 0 Å². The number of hydrogen-bond acceptors (Lipinski definition) is 6. The maximum absolute atomic E-state index is 12.3. The summed E-state index contributed by atoms with van der Waals surface area (Å²) in [6, 6.07) is 0. The van der Waals surface area contributed by atoms with Gasteiger partial charge in [0.15, 0.2) is 0 Å². The topological polar surface area (TPSA) is 105 Å². The van der Waals surface area contributed by atoms with Gasteiger partial charge in [0.25, 0.3) is 0 Å². The van der Waals surface area contributed by atoms with Gasteiger partial charge in [-0.2, -0.15) is 0 Å². The van der Waals surface area contributed by atoms with Gasteiger partial charge in [-0.1, -0.05) is 0 Å². The molecule has 0 aromatic carbocycles. The van der Waals surface area contributed by atoms with Crippen LogP contribution in [0.15, 0.2) is 0 Å². The largest absolute Gasteiger partial charge is 0.299 e. The predicted molar refractivity (Wildman–Crippen MR) is 79.1 cm³/mol. The highest BCUT2D eigenvalue weighted by Crippen LogP contribution is 2.43. The highest BCUT2D eigenvalue weighted by atomic mass is 16.2. The van der Waals surface area contributed by atoms with Crippen molar-refractivity contribution in [3.8, 4) is 0 Å². The standard InChI is InChI=1S/C14H20N6O4/c1-5(21)17-9-10-16-12-11(15-9)18(6(2)22)13(17)14(19(10)7(3)23)20(12)8(4)24/h9-16H,1-4H3. The fourth-order valence-electron chi connectivity index (χ4n) is 4.67. The number of piperazine rings is 3. The molecule has 5 aliphatic heterocycles. The van der Waals surface area contributed by atoms with E-state index in [1.54, 1.807) is 19.6 Å². The molecule has 10 nitrogen and oxygen atoms in total. The van der Waals surface area contributed by atoms with Crippen molar-refractivity contribution >= 4 is 23.6 Å².